The van der Waals surface area contributed by atoms with E-state index in [0.29, 0.717) is 12.1 Å². The second kappa shape index (κ2) is 8.94. The van der Waals surface area contributed by atoms with Crippen LogP contribution in [0.1, 0.15) is 51.5 Å². The minimum atomic E-state index is -3.67. The lowest BCUT2D eigenvalue weighted by Gasteiger charge is -2.33. The lowest BCUT2D eigenvalue weighted by atomic mass is 9.94. The van der Waals surface area contributed by atoms with Crippen molar-refractivity contribution in [2.75, 3.05) is 13.2 Å². The summed E-state index contributed by atoms with van der Waals surface area (Å²) in [5.41, 5.74) is 0.415. The van der Waals surface area contributed by atoms with Crippen LogP contribution in [0.25, 0.3) is 0 Å². The van der Waals surface area contributed by atoms with E-state index in [1.54, 1.807) is 23.1 Å². The van der Waals surface area contributed by atoms with Gasteiger partial charge in [-0.15, -0.1) is 0 Å². The number of likely N-dealkylation sites (N-methyl/N-ethyl adjacent to an activating group) is 1. The van der Waals surface area contributed by atoms with Crippen LogP contribution in [0.3, 0.4) is 0 Å². The molecule has 1 atom stereocenters. The molecule has 29 heavy (non-hydrogen) atoms. The zero-order valence-corrected chi connectivity index (χ0v) is 17.6. The highest BCUT2D eigenvalue weighted by Gasteiger charge is 2.31. The second-order valence-corrected chi connectivity index (χ2v) is 8.99. The lowest BCUT2D eigenvalue weighted by molar-refractivity contribution is -0.153. The van der Waals surface area contributed by atoms with Crippen LogP contribution in [-0.2, 0) is 24.3 Å². The molecule has 1 saturated carbocycles. The maximum atomic E-state index is 12.5. The number of carbonyl (C=O) groups excluding carboxylic acids is 2. The third kappa shape index (κ3) is 4.77. The number of benzene rings is 1. The molecule has 1 N–H and O–H groups in total. The van der Waals surface area contributed by atoms with Gasteiger partial charge in [-0.05, 0) is 38.8 Å². The van der Waals surface area contributed by atoms with E-state index in [2.05, 4.69) is 9.71 Å². The number of hydrogen-bond donors (Lipinski definition) is 1. The van der Waals surface area contributed by atoms with Gasteiger partial charge >= 0.3 is 5.97 Å². The topological polar surface area (TPSA) is 105 Å². The molecule has 0 spiro atoms. The number of carbonyl (C=O) groups is 2. The molecule has 158 valence electrons. The van der Waals surface area contributed by atoms with Gasteiger partial charge in [0.1, 0.15) is 11.9 Å². The van der Waals surface area contributed by atoms with Crippen molar-refractivity contribution in [3.8, 4) is 0 Å². The Morgan fingerprint density at radius 3 is 2.62 bits per heavy atom. The van der Waals surface area contributed by atoms with Gasteiger partial charge in [0.05, 0.1) is 4.90 Å². The fourth-order valence-electron chi connectivity index (χ4n) is 3.84. The predicted octanol–water partition coefficient (Wildman–Crippen LogP) is 1.84. The van der Waals surface area contributed by atoms with Gasteiger partial charge in [0.25, 0.3) is 15.9 Å². The first kappa shape index (κ1) is 21.3. The number of aliphatic imine (C=N–C) groups is 1. The number of rotatable bonds is 6. The normalized spacial score (nSPS) is 20.6. The summed E-state index contributed by atoms with van der Waals surface area (Å²) in [6, 6.07) is 5.68. The Bertz CT molecular complexity index is 906. The summed E-state index contributed by atoms with van der Waals surface area (Å²) in [7, 11) is -3.67. The smallest absolute Gasteiger partial charge is 0.331 e. The van der Waals surface area contributed by atoms with E-state index in [-0.39, 0.29) is 29.3 Å². The number of amides is 1. The van der Waals surface area contributed by atoms with Crippen molar-refractivity contribution in [2.24, 2.45) is 4.99 Å². The van der Waals surface area contributed by atoms with Gasteiger partial charge in [0.15, 0.2) is 6.61 Å². The monoisotopic (exact) mass is 421 g/mol. The molecule has 1 aromatic carbocycles. The summed E-state index contributed by atoms with van der Waals surface area (Å²) >= 11 is 0. The standard InChI is InChI=1S/C20H27N3O5S/c1-3-23(15-9-5-4-6-10-15)18(24)13-28-20(25)14(2)21-19-16-11-7-8-12-17(16)29(26,27)22-19/h7-8,11-12,14-15H,3-6,9-10,13H2,1-2H3,(H,21,22). The van der Waals surface area contributed by atoms with Gasteiger partial charge in [-0.3, -0.25) is 14.5 Å². The fraction of sp³-hybridized carbons (Fsp3) is 0.550. The van der Waals surface area contributed by atoms with Gasteiger partial charge < -0.3 is 9.64 Å². The van der Waals surface area contributed by atoms with Crippen molar-refractivity contribution in [1.82, 2.24) is 9.62 Å². The summed E-state index contributed by atoms with van der Waals surface area (Å²) in [6.45, 7) is 3.68. The Morgan fingerprint density at radius 2 is 1.93 bits per heavy atom. The third-order valence-electron chi connectivity index (χ3n) is 5.34. The van der Waals surface area contributed by atoms with Crippen molar-refractivity contribution in [2.45, 2.75) is 62.9 Å². The van der Waals surface area contributed by atoms with E-state index in [4.69, 9.17) is 4.74 Å². The average Bonchev–Trinajstić information content (AvgIpc) is 2.97. The molecule has 8 nitrogen and oxygen atoms in total. The van der Waals surface area contributed by atoms with Crippen LogP contribution in [0.5, 0.6) is 0 Å². The molecule has 0 bridgehead atoms. The second-order valence-electron chi connectivity index (χ2n) is 7.33. The first-order valence-electron chi connectivity index (χ1n) is 9.99. The Balaban J connectivity index is 1.61. The molecule has 0 radical (unpaired) electrons. The van der Waals surface area contributed by atoms with E-state index in [1.807, 2.05) is 6.92 Å². The number of nitrogens with one attached hydrogen (secondary N) is 1. The van der Waals surface area contributed by atoms with Gasteiger partial charge in [0.2, 0.25) is 0 Å². The number of sulfonamides is 1. The summed E-state index contributed by atoms with van der Waals surface area (Å²) in [5.74, 6) is -0.776. The van der Waals surface area contributed by atoms with Crippen molar-refractivity contribution >= 4 is 27.7 Å². The molecule has 2 aliphatic rings. The Labute approximate surface area is 171 Å². The van der Waals surface area contributed by atoms with Gasteiger partial charge in [-0.25, -0.2) is 13.2 Å². The van der Waals surface area contributed by atoms with Crippen LogP contribution >= 0.6 is 0 Å². The van der Waals surface area contributed by atoms with Crippen LogP contribution in [-0.4, -0.2) is 56.3 Å². The van der Waals surface area contributed by atoms with Gasteiger partial charge in [-0.2, -0.15) is 0 Å². The van der Waals surface area contributed by atoms with Crippen LogP contribution in [0.15, 0.2) is 34.2 Å². The van der Waals surface area contributed by atoms with Gasteiger partial charge in [0, 0.05) is 18.2 Å². The number of esters is 1. The minimum Gasteiger partial charge on any atom is -0.454 e. The molecule has 1 aliphatic carbocycles. The zero-order valence-electron chi connectivity index (χ0n) is 16.8. The Hall–Kier alpha value is -2.42. The Kier molecular flexibility index (Phi) is 6.56. The number of hydrogen-bond acceptors (Lipinski definition) is 6. The van der Waals surface area contributed by atoms with Crippen molar-refractivity contribution in [1.29, 1.82) is 0 Å². The molecule has 9 heteroatoms. The number of fused-ring (bicyclic) bond motifs is 1. The first-order valence-corrected chi connectivity index (χ1v) is 11.5. The van der Waals surface area contributed by atoms with E-state index in [0.717, 1.165) is 25.7 Å². The van der Waals surface area contributed by atoms with Crippen molar-refractivity contribution < 1.29 is 22.7 Å². The molecule has 1 aromatic rings. The van der Waals surface area contributed by atoms with Crippen LogP contribution in [0.2, 0.25) is 0 Å². The highest BCUT2D eigenvalue weighted by molar-refractivity contribution is 7.90. The number of amidine groups is 1. The van der Waals surface area contributed by atoms with Crippen molar-refractivity contribution in [3.05, 3.63) is 29.8 Å². The third-order valence-corrected chi connectivity index (χ3v) is 6.74. The van der Waals surface area contributed by atoms with E-state index >= 15 is 0 Å². The van der Waals surface area contributed by atoms with Crippen LogP contribution in [0.4, 0.5) is 0 Å². The highest BCUT2D eigenvalue weighted by Crippen LogP contribution is 2.23. The minimum absolute atomic E-state index is 0.105. The van der Waals surface area contributed by atoms with Crippen LogP contribution < -0.4 is 4.72 Å². The summed E-state index contributed by atoms with van der Waals surface area (Å²) < 4.78 is 31.8. The largest absolute Gasteiger partial charge is 0.454 e. The molecule has 1 heterocycles. The highest BCUT2D eigenvalue weighted by atomic mass is 32.2. The van der Waals surface area contributed by atoms with Crippen LogP contribution in [0, 0.1) is 0 Å². The molecule has 1 amide bonds. The predicted molar refractivity (Wildman–Crippen MR) is 108 cm³/mol. The fourth-order valence-corrected chi connectivity index (χ4v) is 5.08. The quantitative estimate of drug-likeness (QED) is 0.706. The lowest BCUT2D eigenvalue weighted by Crippen LogP contribution is -2.43. The molecule has 0 aromatic heterocycles. The molecular weight excluding hydrogens is 394 g/mol. The summed E-state index contributed by atoms with van der Waals surface area (Å²) in [6.07, 6.45) is 5.39. The molecule has 3 rings (SSSR count). The number of ether oxygens (including phenoxy) is 1. The van der Waals surface area contributed by atoms with E-state index in [9.17, 15) is 18.0 Å². The zero-order chi connectivity index (χ0) is 21.0. The molecule has 1 unspecified atom stereocenters. The van der Waals surface area contributed by atoms with Crippen molar-refractivity contribution in [3.63, 3.8) is 0 Å². The number of nitrogens with zero attached hydrogens (tertiary/aromatic N) is 2. The molecular formula is C20H27N3O5S. The summed E-state index contributed by atoms with van der Waals surface area (Å²) in [4.78, 5) is 30.9. The molecule has 0 saturated heterocycles. The van der Waals surface area contributed by atoms with E-state index < -0.39 is 22.0 Å². The molecule has 1 fully saturated rings. The average molecular weight is 422 g/mol. The van der Waals surface area contributed by atoms with E-state index in [1.165, 1.54) is 19.4 Å². The Morgan fingerprint density at radius 1 is 1.24 bits per heavy atom. The SMILES string of the molecule is CCN(C(=O)COC(=O)C(C)N=C1NS(=O)(=O)c2ccccc21)C1CCCCC1. The maximum Gasteiger partial charge on any atom is 0.331 e. The molecule has 1 aliphatic heterocycles. The first-order chi connectivity index (χ1) is 13.8. The summed E-state index contributed by atoms with van der Waals surface area (Å²) in [5, 5.41) is 0. The van der Waals surface area contributed by atoms with Gasteiger partial charge in [-0.1, -0.05) is 31.4 Å². The maximum absolute atomic E-state index is 12.5.